The quantitative estimate of drug-likeness (QED) is 0.816. The molecule has 114 valence electrons. The molecule has 1 aliphatic heterocycles. The van der Waals surface area contributed by atoms with Gasteiger partial charge in [-0.2, -0.15) is 0 Å². The summed E-state index contributed by atoms with van der Waals surface area (Å²) < 4.78 is 5.23. The van der Waals surface area contributed by atoms with Crippen molar-refractivity contribution in [2.45, 2.75) is 58.5 Å². The Morgan fingerprint density at radius 1 is 1.40 bits per heavy atom. The van der Waals surface area contributed by atoms with E-state index in [0.717, 1.165) is 32.2 Å². The van der Waals surface area contributed by atoms with E-state index in [9.17, 15) is 9.59 Å². The average molecular weight is 282 g/mol. The number of rotatable bonds is 2. The lowest BCUT2D eigenvalue weighted by Crippen LogP contribution is -2.38. The van der Waals surface area contributed by atoms with Crippen molar-refractivity contribution in [1.29, 1.82) is 0 Å². The molecule has 0 unspecified atom stereocenters. The zero-order valence-corrected chi connectivity index (χ0v) is 12.8. The molecule has 20 heavy (non-hydrogen) atoms. The minimum atomic E-state index is -0.448. The monoisotopic (exact) mass is 282 g/mol. The molecular weight excluding hydrogens is 256 g/mol. The van der Waals surface area contributed by atoms with Gasteiger partial charge in [-0.15, -0.1) is 0 Å². The molecule has 2 aliphatic rings. The van der Waals surface area contributed by atoms with Gasteiger partial charge in [0.1, 0.15) is 5.60 Å². The number of ether oxygens (including phenoxy) is 1. The highest BCUT2D eigenvalue weighted by atomic mass is 16.6. The second-order valence-electron chi connectivity index (χ2n) is 7.28. The lowest BCUT2D eigenvalue weighted by atomic mass is 9.70. The molecule has 5 nitrogen and oxygen atoms in total. The first-order valence-electron chi connectivity index (χ1n) is 7.52. The second kappa shape index (κ2) is 5.62. The van der Waals surface area contributed by atoms with Gasteiger partial charge in [0.15, 0.2) is 0 Å². The van der Waals surface area contributed by atoms with Crippen LogP contribution in [0.15, 0.2) is 0 Å². The summed E-state index contributed by atoms with van der Waals surface area (Å²) in [7, 11) is 0. The Kier molecular flexibility index (Phi) is 4.25. The number of hydrogen-bond donors (Lipinski definition) is 2. The SMILES string of the molecule is CC(C)(C)OC(=O)NCC1CCC2(CC1)CNC(=O)C2. The Morgan fingerprint density at radius 2 is 2.05 bits per heavy atom. The van der Waals surface area contributed by atoms with Crippen molar-refractivity contribution in [3.05, 3.63) is 0 Å². The molecular formula is C15H26N2O3. The van der Waals surface area contributed by atoms with E-state index in [-0.39, 0.29) is 17.4 Å². The lowest BCUT2D eigenvalue weighted by molar-refractivity contribution is -0.119. The molecule has 2 rings (SSSR count). The predicted molar refractivity (Wildman–Crippen MR) is 76.3 cm³/mol. The molecule has 1 spiro atoms. The largest absolute Gasteiger partial charge is 0.444 e. The van der Waals surface area contributed by atoms with Crippen LogP contribution in [0.1, 0.15) is 52.9 Å². The van der Waals surface area contributed by atoms with Crippen LogP contribution in [0.5, 0.6) is 0 Å². The van der Waals surface area contributed by atoms with E-state index in [2.05, 4.69) is 10.6 Å². The van der Waals surface area contributed by atoms with E-state index < -0.39 is 5.60 Å². The molecule has 1 saturated carbocycles. The number of carbonyl (C=O) groups is 2. The molecule has 0 aromatic rings. The third-order valence-electron chi connectivity index (χ3n) is 4.30. The van der Waals surface area contributed by atoms with E-state index in [1.54, 1.807) is 0 Å². The van der Waals surface area contributed by atoms with Crippen LogP contribution in [0.3, 0.4) is 0 Å². The van der Waals surface area contributed by atoms with E-state index in [0.29, 0.717) is 18.9 Å². The van der Waals surface area contributed by atoms with Crippen LogP contribution < -0.4 is 10.6 Å². The molecule has 2 amide bonds. The predicted octanol–water partition coefficient (Wildman–Crippen LogP) is 2.21. The fourth-order valence-corrected chi connectivity index (χ4v) is 3.14. The van der Waals surface area contributed by atoms with Gasteiger partial charge in [-0.25, -0.2) is 4.79 Å². The van der Waals surface area contributed by atoms with Crippen molar-refractivity contribution in [3.63, 3.8) is 0 Å². The minimum absolute atomic E-state index is 0.190. The second-order valence-corrected chi connectivity index (χ2v) is 7.28. The smallest absolute Gasteiger partial charge is 0.407 e. The Morgan fingerprint density at radius 3 is 2.55 bits per heavy atom. The van der Waals surface area contributed by atoms with Gasteiger partial charge in [0.25, 0.3) is 0 Å². The molecule has 0 bridgehead atoms. The number of alkyl carbamates (subject to hydrolysis) is 1. The van der Waals surface area contributed by atoms with Crippen molar-refractivity contribution in [1.82, 2.24) is 10.6 Å². The first-order valence-corrected chi connectivity index (χ1v) is 7.52. The third kappa shape index (κ3) is 4.12. The van der Waals surface area contributed by atoms with Crippen LogP contribution in [0.25, 0.3) is 0 Å². The van der Waals surface area contributed by atoms with Gasteiger partial charge in [0.05, 0.1) is 0 Å². The average Bonchev–Trinajstić information content (AvgIpc) is 2.68. The molecule has 5 heteroatoms. The molecule has 1 heterocycles. The number of carbonyl (C=O) groups excluding carboxylic acids is 2. The van der Waals surface area contributed by atoms with Crippen LogP contribution in [0.2, 0.25) is 0 Å². The molecule has 0 radical (unpaired) electrons. The first-order chi connectivity index (χ1) is 9.28. The van der Waals surface area contributed by atoms with Crippen LogP contribution in [0, 0.1) is 11.3 Å². The Bertz CT molecular complexity index is 379. The fourth-order valence-electron chi connectivity index (χ4n) is 3.14. The zero-order chi connectivity index (χ0) is 14.8. The molecule has 1 saturated heterocycles. The summed E-state index contributed by atoms with van der Waals surface area (Å²) >= 11 is 0. The highest BCUT2D eigenvalue weighted by Gasteiger charge is 2.41. The number of amides is 2. The Labute approximate surface area is 120 Å². The van der Waals surface area contributed by atoms with Gasteiger partial charge in [-0.05, 0) is 57.8 Å². The number of hydrogen-bond acceptors (Lipinski definition) is 3. The summed E-state index contributed by atoms with van der Waals surface area (Å²) in [5.41, 5.74) is -0.254. The highest BCUT2D eigenvalue weighted by molar-refractivity contribution is 5.79. The molecule has 0 aromatic heterocycles. The van der Waals surface area contributed by atoms with Gasteiger partial charge in [-0.3, -0.25) is 4.79 Å². The van der Waals surface area contributed by atoms with Crippen LogP contribution >= 0.6 is 0 Å². The normalized spacial score (nSPS) is 30.1. The fraction of sp³-hybridized carbons (Fsp3) is 0.867. The topological polar surface area (TPSA) is 67.4 Å². The summed E-state index contributed by atoms with van der Waals surface area (Å²) in [5, 5.41) is 5.80. The van der Waals surface area contributed by atoms with E-state index in [1.807, 2.05) is 20.8 Å². The maximum absolute atomic E-state index is 11.6. The summed E-state index contributed by atoms with van der Waals surface area (Å²) in [6, 6.07) is 0. The Hall–Kier alpha value is -1.26. The van der Waals surface area contributed by atoms with Crippen molar-refractivity contribution >= 4 is 12.0 Å². The summed E-state index contributed by atoms with van der Waals surface area (Å²) in [6.07, 6.45) is 4.64. The van der Waals surface area contributed by atoms with E-state index in [4.69, 9.17) is 4.74 Å². The van der Waals surface area contributed by atoms with Crippen LogP contribution in [0.4, 0.5) is 4.79 Å². The Balaban J connectivity index is 1.70. The highest BCUT2D eigenvalue weighted by Crippen LogP contribution is 2.43. The van der Waals surface area contributed by atoms with Gasteiger partial charge in [-0.1, -0.05) is 0 Å². The van der Waals surface area contributed by atoms with E-state index in [1.165, 1.54) is 0 Å². The third-order valence-corrected chi connectivity index (χ3v) is 4.30. The minimum Gasteiger partial charge on any atom is -0.444 e. The van der Waals surface area contributed by atoms with Gasteiger partial charge < -0.3 is 15.4 Å². The van der Waals surface area contributed by atoms with Gasteiger partial charge in [0.2, 0.25) is 5.91 Å². The first kappa shape index (κ1) is 15.1. The van der Waals surface area contributed by atoms with Crippen molar-refractivity contribution in [3.8, 4) is 0 Å². The van der Waals surface area contributed by atoms with E-state index >= 15 is 0 Å². The van der Waals surface area contributed by atoms with Gasteiger partial charge >= 0.3 is 6.09 Å². The lowest BCUT2D eigenvalue weighted by Gasteiger charge is -2.35. The zero-order valence-electron chi connectivity index (χ0n) is 12.8. The summed E-state index contributed by atoms with van der Waals surface area (Å²) in [6.45, 7) is 7.09. The van der Waals surface area contributed by atoms with Crippen molar-refractivity contribution in [2.24, 2.45) is 11.3 Å². The van der Waals surface area contributed by atoms with Crippen LogP contribution in [-0.2, 0) is 9.53 Å². The number of nitrogens with one attached hydrogen (secondary N) is 2. The standard InChI is InChI=1S/C15H26N2O3/c1-14(2,3)20-13(19)16-9-11-4-6-15(7-5-11)8-12(18)17-10-15/h11H,4-10H2,1-3H3,(H,16,19)(H,17,18). The van der Waals surface area contributed by atoms with Crippen molar-refractivity contribution < 1.29 is 14.3 Å². The van der Waals surface area contributed by atoms with Crippen molar-refractivity contribution in [2.75, 3.05) is 13.1 Å². The van der Waals surface area contributed by atoms with Crippen LogP contribution in [-0.4, -0.2) is 30.7 Å². The molecule has 0 aromatic carbocycles. The maximum atomic E-state index is 11.6. The van der Waals surface area contributed by atoms with Gasteiger partial charge in [0, 0.05) is 19.5 Å². The molecule has 0 atom stereocenters. The molecule has 2 N–H and O–H groups in total. The molecule has 1 aliphatic carbocycles. The summed E-state index contributed by atoms with van der Waals surface area (Å²) in [4.78, 5) is 23.0. The maximum Gasteiger partial charge on any atom is 0.407 e. The molecule has 2 fully saturated rings. The summed E-state index contributed by atoms with van der Waals surface area (Å²) in [5.74, 6) is 0.694.